The smallest absolute Gasteiger partial charge is 0.154 e. The zero-order valence-electron chi connectivity index (χ0n) is 14.9. The van der Waals surface area contributed by atoms with Gasteiger partial charge in [-0.25, -0.2) is 0 Å². The fraction of sp³-hybridized carbons (Fsp3) is 0.316. The predicted octanol–water partition coefficient (Wildman–Crippen LogP) is 4.82. The molecule has 2 aromatic carbocycles. The molecule has 0 aliphatic carbocycles. The van der Waals surface area contributed by atoms with Gasteiger partial charge in [0.25, 0.3) is 0 Å². The molecule has 3 rings (SSSR count). The highest BCUT2D eigenvalue weighted by Gasteiger charge is 2.29. The summed E-state index contributed by atoms with van der Waals surface area (Å²) in [6, 6.07) is 16.6. The Balaban J connectivity index is 0.00000169. The van der Waals surface area contributed by atoms with Crippen LogP contribution in [-0.4, -0.2) is 18.0 Å². The van der Waals surface area contributed by atoms with E-state index in [2.05, 4.69) is 53.6 Å². The van der Waals surface area contributed by atoms with Crippen molar-refractivity contribution in [2.75, 3.05) is 18.2 Å². The van der Waals surface area contributed by atoms with Crippen molar-refractivity contribution in [2.45, 2.75) is 25.4 Å². The van der Waals surface area contributed by atoms with Crippen molar-refractivity contribution >= 4 is 47.4 Å². The molecule has 142 valence electrons. The van der Waals surface area contributed by atoms with Crippen LogP contribution >= 0.6 is 36.6 Å². The van der Waals surface area contributed by atoms with E-state index in [1.807, 2.05) is 12.1 Å². The van der Waals surface area contributed by atoms with Gasteiger partial charge in [-0.1, -0.05) is 36.0 Å². The number of anilines is 1. The molecular weight excluding hydrogens is 389 g/mol. The zero-order valence-corrected chi connectivity index (χ0v) is 17.3. The van der Waals surface area contributed by atoms with Crippen LogP contribution in [0.15, 0.2) is 53.5 Å². The molecule has 0 saturated carbocycles. The lowest BCUT2D eigenvalue weighted by Crippen LogP contribution is -2.28. The molecule has 0 bridgehead atoms. The summed E-state index contributed by atoms with van der Waals surface area (Å²) >= 11 is 1.63. The summed E-state index contributed by atoms with van der Waals surface area (Å²) in [6.07, 6.45) is 1.00. The fourth-order valence-electron chi connectivity index (χ4n) is 2.81. The molecule has 26 heavy (non-hydrogen) atoms. The summed E-state index contributed by atoms with van der Waals surface area (Å²) in [5.41, 5.74) is 9.21. The first kappa shape index (κ1) is 22.5. The number of methoxy groups -OCH3 is 1. The predicted molar refractivity (Wildman–Crippen MR) is 117 cm³/mol. The Hall–Kier alpha value is -1.56. The lowest BCUT2D eigenvalue weighted by Gasteiger charge is -2.30. The van der Waals surface area contributed by atoms with Gasteiger partial charge in [0.05, 0.1) is 12.6 Å². The van der Waals surface area contributed by atoms with E-state index in [-0.39, 0.29) is 30.4 Å². The molecule has 0 saturated heterocycles. The highest BCUT2D eigenvalue weighted by Crippen LogP contribution is 2.35. The number of thioether (sulfide) groups is 1. The molecule has 0 amide bonds. The molecule has 0 radical (unpaired) electrons. The average Bonchev–Trinajstić information content (AvgIpc) is 2.60. The van der Waals surface area contributed by atoms with Crippen molar-refractivity contribution in [3.8, 4) is 5.75 Å². The number of hydrogen-bond acceptors (Lipinski definition) is 5. The second-order valence-corrected chi connectivity index (χ2v) is 7.22. The first-order valence-electron chi connectivity index (χ1n) is 8.04. The number of aliphatic imine (C=N–C) groups is 1. The van der Waals surface area contributed by atoms with E-state index < -0.39 is 0 Å². The number of halogens is 2. The van der Waals surface area contributed by atoms with E-state index in [1.165, 1.54) is 11.1 Å². The van der Waals surface area contributed by atoms with Crippen molar-refractivity contribution in [3.63, 3.8) is 0 Å². The van der Waals surface area contributed by atoms with Gasteiger partial charge < -0.3 is 15.8 Å². The van der Waals surface area contributed by atoms with Crippen LogP contribution in [0.5, 0.6) is 5.75 Å². The normalized spacial score (nSPS) is 18.8. The maximum Gasteiger partial charge on any atom is 0.154 e. The fourth-order valence-corrected chi connectivity index (χ4v) is 3.78. The number of benzene rings is 2. The number of amidine groups is 1. The van der Waals surface area contributed by atoms with E-state index in [4.69, 9.17) is 10.5 Å². The van der Waals surface area contributed by atoms with Crippen LogP contribution < -0.4 is 15.8 Å². The Morgan fingerprint density at radius 3 is 2.58 bits per heavy atom. The van der Waals surface area contributed by atoms with Crippen LogP contribution in [0.25, 0.3) is 0 Å². The van der Waals surface area contributed by atoms with Crippen molar-refractivity contribution in [2.24, 2.45) is 10.7 Å². The van der Waals surface area contributed by atoms with Crippen LogP contribution in [-0.2, 0) is 12.1 Å². The van der Waals surface area contributed by atoms with Gasteiger partial charge in [-0.05, 0) is 48.7 Å². The summed E-state index contributed by atoms with van der Waals surface area (Å²) in [5, 5.41) is 4.16. The van der Waals surface area contributed by atoms with Gasteiger partial charge >= 0.3 is 0 Å². The zero-order chi connectivity index (χ0) is 17.0. The Labute approximate surface area is 171 Å². The summed E-state index contributed by atoms with van der Waals surface area (Å²) in [4.78, 5) is 4.68. The Morgan fingerprint density at radius 2 is 1.92 bits per heavy atom. The van der Waals surface area contributed by atoms with E-state index in [9.17, 15) is 0 Å². The minimum Gasteiger partial charge on any atom is -0.497 e. The van der Waals surface area contributed by atoms with Crippen LogP contribution in [0.3, 0.4) is 0 Å². The standard InChI is InChI=1S/C19H23N3OS.2ClH/c1-19(10-11-24-18(20)22-19)15-4-3-5-16(12-15)21-13-14-6-8-17(23-2)9-7-14;;/h3-9,12,21H,10-11,13H2,1-2H3,(H2,20,22);2*1H. The SMILES string of the molecule is COc1ccc(CNc2cccc(C3(C)CCSC(N)=N3)c2)cc1.Cl.Cl. The summed E-state index contributed by atoms with van der Waals surface area (Å²) < 4.78 is 5.19. The molecule has 0 spiro atoms. The first-order valence-corrected chi connectivity index (χ1v) is 9.03. The largest absolute Gasteiger partial charge is 0.497 e. The molecule has 1 unspecified atom stereocenters. The molecule has 1 aliphatic heterocycles. The number of nitrogens with two attached hydrogens (primary N) is 1. The first-order chi connectivity index (χ1) is 11.6. The topological polar surface area (TPSA) is 59.6 Å². The molecule has 7 heteroatoms. The van der Waals surface area contributed by atoms with Gasteiger partial charge in [0.1, 0.15) is 5.75 Å². The van der Waals surface area contributed by atoms with E-state index >= 15 is 0 Å². The molecule has 4 nitrogen and oxygen atoms in total. The molecule has 0 fully saturated rings. The van der Waals surface area contributed by atoms with E-state index in [0.717, 1.165) is 30.2 Å². The monoisotopic (exact) mass is 413 g/mol. The quantitative estimate of drug-likeness (QED) is 0.737. The van der Waals surface area contributed by atoms with Crippen LogP contribution in [0.2, 0.25) is 0 Å². The number of rotatable bonds is 5. The van der Waals surface area contributed by atoms with E-state index in [1.54, 1.807) is 18.9 Å². The third kappa shape index (κ3) is 5.47. The Kier molecular flexibility index (Phi) is 8.60. The molecule has 1 heterocycles. The van der Waals surface area contributed by atoms with Gasteiger partial charge in [0.2, 0.25) is 0 Å². The summed E-state index contributed by atoms with van der Waals surface area (Å²) in [5.74, 6) is 1.88. The van der Waals surface area contributed by atoms with Gasteiger partial charge in [0.15, 0.2) is 5.17 Å². The van der Waals surface area contributed by atoms with Crippen LogP contribution in [0.1, 0.15) is 24.5 Å². The second kappa shape index (κ2) is 9.95. The Morgan fingerprint density at radius 1 is 1.19 bits per heavy atom. The van der Waals surface area contributed by atoms with Gasteiger partial charge in [-0.2, -0.15) is 0 Å². The van der Waals surface area contributed by atoms with Gasteiger partial charge in [-0.3, -0.25) is 4.99 Å². The molecule has 2 aromatic rings. The summed E-state index contributed by atoms with van der Waals surface area (Å²) in [6.45, 7) is 2.92. The van der Waals surface area contributed by atoms with Crippen LogP contribution in [0.4, 0.5) is 5.69 Å². The summed E-state index contributed by atoms with van der Waals surface area (Å²) in [7, 11) is 1.68. The minimum absolute atomic E-state index is 0. The molecule has 1 atom stereocenters. The van der Waals surface area contributed by atoms with Crippen molar-refractivity contribution in [1.29, 1.82) is 0 Å². The molecule has 1 aliphatic rings. The van der Waals surface area contributed by atoms with Crippen molar-refractivity contribution in [3.05, 3.63) is 59.7 Å². The molecular formula is C19H25Cl2N3OS. The maximum absolute atomic E-state index is 5.93. The lowest BCUT2D eigenvalue weighted by molar-refractivity contribution is 0.414. The Bertz CT molecular complexity index is 740. The van der Waals surface area contributed by atoms with Crippen molar-refractivity contribution in [1.82, 2.24) is 0 Å². The highest BCUT2D eigenvalue weighted by atomic mass is 35.5. The maximum atomic E-state index is 5.93. The van der Waals surface area contributed by atoms with Gasteiger partial charge in [0, 0.05) is 18.0 Å². The highest BCUT2D eigenvalue weighted by molar-refractivity contribution is 8.13. The third-order valence-corrected chi connectivity index (χ3v) is 5.13. The van der Waals surface area contributed by atoms with Gasteiger partial charge in [-0.15, -0.1) is 24.8 Å². The second-order valence-electron chi connectivity index (χ2n) is 6.10. The number of ether oxygens (including phenoxy) is 1. The van der Waals surface area contributed by atoms with Crippen molar-refractivity contribution < 1.29 is 4.74 Å². The number of nitrogens with zero attached hydrogens (tertiary/aromatic N) is 1. The third-order valence-electron chi connectivity index (χ3n) is 4.34. The number of hydrogen-bond donors (Lipinski definition) is 2. The van der Waals surface area contributed by atoms with Crippen LogP contribution in [0, 0.1) is 0 Å². The molecule has 3 N–H and O–H groups in total. The lowest BCUT2D eigenvalue weighted by atomic mass is 9.89. The number of nitrogens with one attached hydrogen (secondary N) is 1. The average molecular weight is 414 g/mol. The minimum atomic E-state index is -0.229. The molecule has 0 aromatic heterocycles. The van der Waals surface area contributed by atoms with E-state index in [0.29, 0.717) is 5.17 Å².